The molecule has 4 rings (SSSR count). The smallest absolute Gasteiger partial charge is 0.180 e. The van der Waals surface area contributed by atoms with Crippen molar-refractivity contribution >= 4 is 28.6 Å². The van der Waals surface area contributed by atoms with E-state index in [1.165, 1.54) is 5.56 Å². The van der Waals surface area contributed by atoms with Crippen molar-refractivity contribution < 1.29 is 0 Å². The van der Waals surface area contributed by atoms with Crippen LogP contribution in [0.25, 0.3) is 17.0 Å². The van der Waals surface area contributed by atoms with Crippen LogP contribution < -0.4 is 11.1 Å². The molecule has 0 unspecified atom stereocenters. The van der Waals surface area contributed by atoms with E-state index in [0.717, 1.165) is 23.8 Å². The molecular weight excluding hydrogens is 308 g/mol. The summed E-state index contributed by atoms with van der Waals surface area (Å²) in [5, 5.41) is 7.53. The van der Waals surface area contributed by atoms with Crippen molar-refractivity contribution in [1.29, 1.82) is 0 Å². The zero-order valence-corrected chi connectivity index (χ0v) is 13.0. The topological polar surface area (TPSA) is 81.1 Å². The van der Waals surface area contributed by atoms with E-state index in [4.69, 9.17) is 5.73 Å². The fourth-order valence-corrected chi connectivity index (χ4v) is 3.06. The molecule has 0 spiro atoms. The fraction of sp³-hybridized carbons (Fsp3) is 0.0625. The van der Waals surface area contributed by atoms with Crippen LogP contribution in [0.3, 0.4) is 0 Å². The van der Waals surface area contributed by atoms with Crippen molar-refractivity contribution in [3.05, 3.63) is 59.2 Å². The molecule has 3 N–H and O–H groups in total. The van der Waals surface area contributed by atoms with Gasteiger partial charge in [0.25, 0.3) is 0 Å². The lowest BCUT2D eigenvalue weighted by molar-refractivity contribution is 1.10. The number of nitrogens with zero attached hydrogens (tertiary/aromatic N) is 4. The summed E-state index contributed by atoms with van der Waals surface area (Å²) in [5.41, 5.74) is 9.45. The molecular formula is C16H14N6S. The van der Waals surface area contributed by atoms with Gasteiger partial charge in [-0.15, -0.1) is 0 Å². The standard InChI is InChI=1S/C16H14N6S/c17-15-16-20-9-13(22(16)6-5-18-15)12-2-1-3-14(21-12)19-8-11-4-7-23-10-11/h1-7,9-10H,8H2,(H2,17,18)(H,19,21). The molecule has 0 saturated heterocycles. The second-order valence-corrected chi connectivity index (χ2v) is 5.82. The van der Waals surface area contributed by atoms with E-state index in [0.29, 0.717) is 11.5 Å². The van der Waals surface area contributed by atoms with E-state index < -0.39 is 0 Å². The number of fused-ring (bicyclic) bond motifs is 1. The van der Waals surface area contributed by atoms with E-state index >= 15 is 0 Å². The van der Waals surface area contributed by atoms with E-state index in [1.54, 1.807) is 23.7 Å². The van der Waals surface area contributed by atoms with E-state index in [1.807, 2.05) is 28.8 Å². The summed E-state index contributed by atoms with van der Waals surface area (Å²) in [7, 11) is 0. The summed E-state index contributed by atoms with van der Waals surface area (Å²) in [6.07, 6.45) is 5.26. The highest BCUT2D eigenvalue weighted by molar-refractivity contribution is 7.07. The molecule has 0 aliphatic rings. The Labute approximate surface area is 136 Å². The van der Waals surface area contributed by atoms with E-state index in [-0.39, 0.29) is 0 Å². The van der Waals surface area contributed by atoms with Crippen molar-refractivity contribution in [2.24, 2.45) is 0 Å². The van der Waals surface area contributed by atoms with Crippen LogP contribution in [-0.4, -0.2) is 19.4 Å². The van der Waals surface area contributed by atoms with Crippen LogP contribution in [0.1, 0.15) is 5.56 Å². The van der Waals surface area contributed by atoms with Crippen LogP contribution in [0, 0.1) is 0 Å². The van der Waals surface area contributed by atoms with Gasteiger partial charge in [-0.05, 0) is 34.5 Å². The molecule has 0 fully saturated rings. The van der Waals surface area contributed by atoms with Crippen LogP contribution >= 0.6 is 11.3 Å². The molecule has 0 atom stereocenters. The van der Waals surface area contributed by atoms with Gasteiger partial charge in [0, 0.05) is 18.9 Å². The largest absolute Gasteiger partial charge is 0.381 e. The number of imidazole rings is 1. The third-order valence-electron chi connectivity index (χ3n) is 3.52. The molecule has 0 aliphatic heterocycles. The van der Waals surface area contributed by atoms with E-state index in [9.17, 15) is 0 Å². The third kappa shape index (κ3) is 2.62. The molecule has 6 nitrogen and oxygen atoms in total. The maximum Gasteiger partial charge on any atom is 0.180 e. The molecule has 0 aliphatic carbocycles. The summed E-state index contributed by atoms with van der Waals surface area (Å²) in [5.74, 6) is 1.23. The number of rotatable bonds is 4. The molecule has 0 aromatic carbocycles. The molecule has 114 valence electrons. The highest BCUT2D eigenvalue weighted by atomic mass is 32.1. The van der Waals surface area contributed by atoms with Gasteiger partial charge in [0.1, 0.15) is 5.82 Å². The number of hydrogen-bond acceptors (Lipinski definition) is 6. The Morgan fingerprint density at radius 1 is 1.22 bits per heavy atom. The van der Waals surface area contributed by atoms with Gasteiger partial charge in [-0.1, -0.05) is 6.07 Å². The molecule has 4 aromatic rings. The number of aromatic nitrogens is 4. The first-order valence-corrected chi connectivity index (χ1v) is 8.05. The monoisotopic (exact) mass is 322 g/mol. The Morgan fingerprint density at radius 3 is 3.04 bits per heavy atom. The maximum absolute atomic E-state index is 5.85. The minimum Gasteiger partial charge on any atom is -0.381 e. The lowest BCUT2D eigenvalue weighted by Crippen LogP contribution is -2.01. The third-order valence-corrected chi connectivity index (χ3v) is 4.25. The van der Waals surface area contributed by atoms with E-state index in [2.05, 4.69) is 37.1 Å². The highest BCUT2D eigenvalue weighted by Gasteiger charge is 2.10. The summed E-state index contributed by atoms with van der Waals surface area (Å²) in [6.45, 7) is 0.754. The summed E-state index contributed by atoms with van der Waals surface area (Å²) >= 11 is 1.69. The van der Waals surface area contributed by atoms with Crippen molar-refractivity contribution in [2.45, 2.75) is 6.54 Å². The van der Waals surface area contributed by atoms with Crippen LogP contribution in [0.2, 0.25) is 0 Å². The molecule has 0 amide bonds. The number of nitrogens with two attached hydrogens (primary N) is 1. The zero-order chi connectivity index (χ0) is 15.6. The Bertz CT molecular complexity index is 944. The van der Waals surface area contributed by atoms with Crippen molar-refractivity contribution in [3.8, 4) is 11.4 Å². The second kappa shape index (κ2) is 5.69. The van der Waals surface area contributed by atoms with Gasteiger partial charge in [0.05, 0.1) is 17.6 Å². The second-order valence-electron chi connectivity index (χ2n) is 5.04. The van der Waals surface area contributed by atoms with Gasteiger partial charge in [0.2, 0.25) is 0 Å². The first-order valence-electron chi connectivity index (χ1n) is 7.11. The normalized spacial score (nSPS) is 11.0. The Hall–Kier alpha value is -2.93. The average Bonchev–Trinajstić information content (AvgIpc) is 3.23. The SMILES string of the molecule is Nc1nccn2c(-c3cccc(NCc4ccsc4)n3)cnc12. The minimum absolute atomic E-state index is 0.408. The minimum atomic E-state index is 0.408. The van der Waals surface area contributed by atoms with Gasteiger partial charge >= 0.3 is 0 Å². The van der Waals surface area contributed by atoms with Crippen LogP contribution in [0.4, 0.5) is 11.6 Å². The number of hydrogen-bond donors (Lipinski definition) is 2. The maximum atomic E-state index is 5.85. The first kappa shape index (κ1) is 13.7. The number of thiophene rings is 1. The molecule has 0 saturated carbocycles. The quantitative estimate of drug-likeness (QED) is 0.603. The van der Waals surface area contributed by atoms with Crippen LogP contribution in [-0.2, 0) is 6.54 Å². The number of nitrogen functional groups attached to an aromatic ring is 1. The number of nitrogens with one attached hydrogen (secondary N) is 1. The van der Waals surface area contributed by atoms with Gasteiger partial charge in [0.15, 0.2) is 11.5 Å². The summed E-state index contributed by atoms with van der Waals surface area (Å²) in [6, 6.07) is 7.98. The molecule has 0 bridgehead atoms. The van der Waals surface area contributed by atoms with Gasteiger partial charge in [-0.2, -0.15) is 11.3 Å². The van der Waals surface area contributed by atoms with Crippen LogP contribution in [0.5, 0.6) is 0 Å². The molecule has 0 radical (unpaired) electrons. The highest BCUT2D eigenvalue weighted by Crippen LogP contribution is 2.22. The lowest BCUT2D eigenvalue weighted by atomic mass is 10.3. The summed E-state index contributed by atoms with van der Waals surface area (Å²) < 4.78 is 1.90. The Morgan fingerprint density at radius 2 is 2.17 bits per heavy atom. The predicted octanol–water partition coefficient (Wildman–Crippen LogP) is 3.05. The zero-order valence-electron chi connectivity index (χ0n) is 12.2. The lowest BCUT2D eigenvalue weighted by Gasteiger charge is -2.07. The van der Waals surface area contributed by atoms with Crippen molar-refractivity contribution in [2.75, 3.05) is 11.1 Å². The Kier molecular flexibility index (Phi) is 3.39. The summed E-state index contributed by atoms with van der Waals surface area (Å²) in [4.78, 5) is 13.0. The first-order chi connectivity index (χ1) is 11.3. The molecule has 7 heteroatoms. The average molecular weight is 322 g/mol. The predicted molar refractivity (Wildman–Crippen MR) is 92.3 cm³/mol. The van der Waals surface area contributed by atoms with Gasteiger partial charge in [-0.3, -0.25) is 4.40 Å². The molecule has 23 heavy (non-hydrogen) atoms. The fourth-order valence-electron chi connectivity index (χ4n) is 2.39. The molecule has 4 aromatic heterocycles. The number of anilines is 2. The Balaban J connectivity index is 1.66. The molecule has 4 heterocycles. The van der Waals surface area contributed by atoms with Gasteiger partial charge < -0.3 is 11.1 Å². The van der Waals surface area contributed by atoms with Crippen molar-refractivity contribution in [1.82, 2.24) is 19.4 Å². The van der Waals surface area contributed by atoms with Crippen LogP contribution in [0.15, 0.2) is 53.6 Å². The van der Waals surface area contributed by atoms with Crippen molar-refractivity contribution in [3.63, 3.8) is 0 Å². The van der Waals surface area contributed by atoms with Gasteiger partial charge in [-0.25, -0.2) is 15.0 Å². The number of pyridine rings is 1.